The first-order valence-electron chi connectivity index (χ1n) is 23.8. The Morgan fingerprint density at radius 1 is 0.423 bits per heavy atom. The molecule has 0 aromatic rings. The number of hydrogen-bond acceptors (Lipinski definition) is 0. The lowest BCUT2D eigenvalue weighted by Gasteiger charge is -2.49. The molecule has 306 valence electrons. The molecule has 0 nitrogen and oxygen atoms in total. The van der Waals surface area contributed by atoms with E-state index < -0.39 is 0 Å². The summed E-state index contributed by atoms with van der Waals surface area (Å²) in [4.78, 5) is 0. The van der Waals surface area contributed by atoms with E-state index in [0.717, 1.165) is 65.1 Å². The Labute approximate surface area is 329 Å². The van der Waals surface area contributed by atoms with Crippen LogP contribution in [0.3, 0.4) is 0 Å². The number of rotatable bonds is 2. The Hall–Kier alpha value is 0. The molecule has 0 N–H and O–H groups in total. The van der Waals surface area contributed by atoms with E-state index in [4.69, 9.17) is 0 Å². The van der Waals surface area contributed by atoms with Crippen LogP contribution in [-0.2, 0) is 0 Å². The average molecular weight is 723 g/mol. The van der Waals surface area contributed by atoms with Crippen LogP contribution in [-0.4, -0.2) is 0 Å². The van der Waals surface area contributed by atoms with Gasteiger partial charge in [-0.25, -0.2) is 0 Å². The van der Waals surface area contributed by atoms with Gasteiger partial charge in [-0.2, -0.15) is 0 Å². The molecule has 8 fully saturated rings. The van der Waals surface area contributed by atoms with Crippen molar-refractivity contribution in [2.75, 3.05) is 0 Å². The highest BCUT2D eigenvalue weighted by Crippen LogP contribution is 2.59. The van der Waals surface area contributed by atoms with Crippen LogP contribution in [0.2, 0.25) is 0 Å². The molecule has 8 aliphatic rings. The van der Waals surface area contributed by atoms with Crippen molar-refractivity contribution in [3.8, 4) is 0 Å². The summed E-state index contributed by atoms with van der Waals surface area (Å²) in [5.41, 5.74) is 3.48. The molecular weight excluding hydrogens is 625 g/mol. The van der Waals surface area contributed by atoms with E-state index in [9.17, 15) is 0 Å². The van der Waals surface area contributed by atoms with Crippen LogP contribution >= 0.6 is 0 Å². The van der Waals surface area contributed by atoms with Gasteiger partial charge in [0.2, 0.25) is 0 Å². The van der Waals surface area contributed by atoms with Crippen LogP contribution in [0.1, 0.15) is 233 Å². The normalized spacial score (nSPS) is 41.7. The third-order valence-corrected chi connectivity index (χ3v) is 17.7. The summed E-state index contributed by atoms with van der Waals surface area (Å²) in [6.07, 6.45) is 26.7. The quantitative estimate of drug-likeness (QED) is 0.266. The van der Waals surface area contributed by atoms with E-state index in [2.05, 4.69) is 118 Å². The fourth-order valence-corrected chi connectivity index (χ4v) is 16.3. The molecule has 8 rings (SSSR count). The second-order valence-electron chi connectivity index (χ2n) is 26.0. The Balaban J connectivity index is 0.000000146. The molecule has 52 heavy (non-hydrogen) atoms. The average Bonchev–Trinajstić information content (AvgIpc) is 3.84. The van der Waals surface area contributed by atoms with Crippen molar-refractivity contribution < 1.29 is 0 Å². The molecule has 8 aliphatic carbocycles. The molecule has 0 radical (unpaired) electrons. The Morgan fingerprint density at radius 3 is 1.13 bits per heavy atom. The molecule has 0 heterocycles. The van der Waals surface area contributed by atoms with Crippen LogP contribution in [0.15, 0.2) is 0 Å². The molecule has 0 saturated heterocycles. The highest BCUT2D eigenvalue weighted by molar-refractivity contribution is 5.00. The minimum atomic E-state index is 0.547. The van der Waals surface area contributed by atoms with Crippen LogP contribution in [0, 0.1) is 97.6 Å². The zero-order valence-electron chi connectivity index (χ0n) is 39.1. The fraction of sp³-hybridized carbons (Fsp3) is 1.00. The molecule has 0 spiro atoms. The molecule has 0 heteroatoms. The maximum Gasteiger partial charge on any atom is -0.0297 e. The molecule has 0 aliphatic heterocycles. The van der Waals surface area contributed by atoms with Crippen molar-refractivity contribution in [3.05, 3.63) is 0 Å². The fourth-order valence-electron chi connectivity index (χ4n) is 16.3. The largest absolute Gasteiger partial charge is 0.0651 e. The van der Waals surface area contributed by atoms with Gasteiger partial charge in [0.25, 0.3) is 0 Å². The monoisotopic (exact) mass is 723 g/mol. The minimum Gasteiger partial charge on any atom is -0.0651 e. The first-order valence-corrected chi connectivity index (χ1v) is 23.8. The highest BCUT2D eigenvalue weighted by Gasteiger charge is 2.50. The molecular formula is C52H98. The molecule has 8 saturated carbocycles. The summed E-state index contributed by atoms with van der Waals surface area (Å²) >= 11 is 0. The lowest BCUT2D eigenvalue weighted by molar-refractivity contribution is 0.0203. The Bertz CT molecular complexity index is 1010. The van der Waals surface area contributed by atoms with Gasteiger partial charge in [0.05, 0.1) is 0 Å². The van der Waals surface area contributed by atoms with Crippen molar-refractivity contribution in [2.45, 2.75) is 233 Å². The predicted molar refractivity (Wildman–Crippen MR) is 233 cm³/mol. The highest BCUT2D eigenvalue weighted by atomic mass is 14.6. The van der Waals surface area contributed by atoms with Gasteiger partial charge in [-0.05, 0) is 194 Å². The third kappa shape index (κ3) is 11.8. The van der Waals surface area contributed by atoms with Gasteiger partial charge in [0, 0.05) is 0 Å². The third-order valence-electron chi connectivity index (χ3n) is 17.7. The van der Waals surface area contributed by atoms with Crippen molar-refractivity contribution in [3.63, 3.8) is 0 Å². The van der Waals surface area contributed by atoms with E-state index >= 15 is 0 Å². The summed E-state index contributed by atoms with van der Waals surface area (Å²) < 4.78 is 0. The van der Waals surface area contributed by atoms with E-state index in [1.54, 1.807) is 32.1 Å². The van der Waals surface area contributed by atoms with Gasteiger partial charge >= 0.3 is 0 Å². The first kappa shape index (κ1) is 44.7. The first-order chi connectivity index (χ1) is 23.8. The van der Waals surface area contributed by atoms with Crippen LogP contribution < -0.4 is 0 Å². The number of hydrogen-bond donors (Lipinski definition) is 0. The summed E-state index contributed by atoms with van der Waals surface area (Å²) in [6, 6.07) is 0. The number of fused-ring (bicyclic) bond motifs is 6. The molecule has 6 bridgehead atoms. The summed E-state index contributed by atoms with van der Waals surface area (Å²) in [6.45, 7) is 41.1. The second kappa shape index (κ2) is 16.8. The van der Waals surface area contributed by atoms with Gasteiger partial charge in [0.15, 0.2) is 0 Å². The molecule has 10 atom stereocenters. The lowest BCUT2D eigenvalue weighted by atomic mass is 9.56. The van der Waals surface area contributed by atoms with E-state index in [-0.39, 0.29) is 0 Å². The van der Waals surface area contributed by atoms with Gasteiger partial charge in [0.1, 0.15) is 0 Å². The Kier molecular flexibility index (Phi) is 14.5. The molecule has 0 aromatic heterocycles. The van der Waals surface area contributed by atoms with Gasteiger partial charge in [-0.1, -0.05) is 137 Å². The van der Waals surface area contributed by atoms with Crippen LogP contribution in [0.5, 0.6) is 0 Å². The minimum absolute atomic E-state index is 0.547. The van der Waals surface area contributed by atoms with Crippen LogP contribution in [0.25, 0.3) is 0 Å². The van der Waals surface area contributed by atoms with Gasteiger partial charge in [-0.3, -0.25) is 0 Å². The van der Waals surface area contributed by atoms with Gasteiger partial charge in [-0.15, -0.1) is 0 Å². The zero-order valence-corrected chi connectivity index (χ0v) is 39.1. The van der Waals surface area contributed by atoms with Crippen molar-refractivity contribution in [1.29, 1.82) is 0 Å². The smallest absolute Gasteiger partial charge is 0.0297 e. The summed E-state index contributed by atoms with van der Waals surface area (Å²) in [5.74, 6) is 11.9. The van der Waals surface area contributed by atoms with E-state index in [1.807, 2.05) is 0 Å². The van der Waals surface area contributed by atoms with Crippen molar-refractivity contribution in [1.82, 2.24) is 0 Å². The molecule has 0 aromatic carbocycles. The van der Waals surface area contributed by atoms with E-state index in [0.29, 0.717) is 32.5 Å². The Morgan fingerprint density at radius 2 is 0.865 bits per heavy atom. The van der Waals surface area contributed by atoms with Gasteiger partial charge < -0.3 is 0 Å². The standard InChI is InChI=1S/2C12H24.C10H18.2C9H16/c1-10(2)7-11(3,4)9-12(5,6)8-10;1-6-10-7-11(2,3)9-12(4,5)8-10;1-7-8-4-5-9(6-8)10(7,2)3;1-6-7(2)9-4-3-8(6)5-9;1-2-8-5-7-3-4-9(8)6-7/h7-9H2,1-6H3;10H,6-9H2,1-5H3;7-9H,4-6H2,1-3H3;6-9H,3-5H2,1-2H3;7-9H,2-6H2,1H3/t;;7-,8?,9?;6-,7?,8?,9?;/m..10./s1. The SMILES string of the molecule is CC1(C)CC(C)(C)CC(C)(C)C1.CC1C2CCC(C2)[C@H]1C.CCC1CC(C)(C)CC(C)(C)C1.CCC1CC2CCC1C2.C[C@@H]1C2CCC(C2)C1(C)C. The van der Waals surface area contributed by atoms with Crippen molar-refractivity contribution >= 4 is 0 Å². The molecule has 8 unspecified atom stereocenters. The zero-order chi connectivity index (χ0) is 39.1. The summed E-state index contributed by atoms with van der Waals surface area (Å²) in [7, 11) is 0. The maximum absolute atomic E-state index is 2.46. The van der Waals surface area contributed by atoms with Crippen molar-refractivity contribution in [2.24, 2.45) is 97.6 Å². The maximum atomic E-state index is 2.46. The topological polar surface area (TPSA) is 0 Å². The predicted octanol–water partition coefficient (Wildman–Crippen LogP) is 17.1. The van der Waals surface area contributed by atoms with Crippen LogP contribution in [0.4, 0.5) is 0 Å². The lowest BCUT2D eigenvalue weighted by Crippen LogP contribution is -2.38. The summed E-state index contributed by atoms with van der Waals surface area (Å²) in [5, 5.41) is 0. The second-order valence-corrected chi connectivity index (χ2v) is 26.0. The van der Waals surface area contributed by atoms with E-state index in [1.165, 1.54) is 83.5 Å². The molecule has 0 amide bonds.